The standard InChI is InChI=1S/C21H30N2O2/c1-5-20-22-17-8-6-7-9-18(17)23(20)13-21(24)25-19-12-15(4)10-11-16(19)14(2)3/h6-9,14-16,19H,5,10-13H2,1-4H3/t15-,16+,19-/m1/s1. The molecule has 1 aromatic carbocycles. The van der Waals surface area contributed by atoms with E-state index in [2.05, 4.69) is 32.7 Å². The molecule has 0 radical (unpaired) electrons. The Kier molecular flexibility index (Phi) is 5.45. The number of carbonyl (C=O) groups is 1. The first-order valence-electron chi connectivity index (χ1n) is 9.63. The van der Waals surface area contributed by atoms with Crippen molar-refractivity contribution in [3.8, 4) is 0 Å². The monoisotopic (exact) mass is 342 g/mol. The number of nitrogens with zero attached hydrogens (tertiary/aromatic N) is 2. The molecule has 0 spiro atoms. The van der Waals surface area contributed by atoms with Gasteiger partial charge in [0.15, 0.2) is 0 Å². The number of carbonyl (C=O) groups excluding carboxylic acids is 1. The van der Waals surface area contributed by atoms with E-state index >= 15 is 0 Å². The number of benzene rings is 1. The minimum Gasteiger partial charge on any atom is -0.461 e. The first-order chi connectivity index (χ1) is 12.0. The summed E-state index contributed by atoms with van der Waals surface area (Å²) in [6.45, 7) is 9.05. The molecule has 4 nitrogen and oxygen atoms in total. The van der Waals surface area contributed by atoms with Crippen LogP contribution < -0.4 is 0 Å². The molecule has 3 atom stereocenters. The second kappa shape index (κ2) is 7.59. The van der Waals surface area contributed by atoms with Crippen LogP contribution in [0.3, 0.4) is 0 Å². The third-order valence-electron chi connectivity index (χ3n) is 5.58. The Labute approximate surface area is 150 Å². The van der Waals surface area contributed by atoms with Crippen molar-refractivity contribution in [2.75, 3.05) is 0 Å². The van der Waals surface area contributed by atoms with E-state index in [1.54, 1.807) is 0 Å². The van der Waals surface area contributed by atoms with Gasteiger partial charge in [-0.05, 0) is 42.7 Å². The molecule has 0 N–H and O–H groups in total. The Bertz CT molecular complexity index is 735. The van der Waals surface area contributed by atoms with Gasteiger partial charge < -0.3 is 9.30 Å². The molecule has 25 heavy (non-hydrogen) atoms. The largest absolute Gasteiger partial charge is 0.461 e. The molecule has 1 aliphatic rings. The second-order valence-electron chi connectivity index (χ2n) is 7.81. The zero-order valence-corrected chi connectivity index (χ0v) is 15.9. The highest BCUT2D eigenvalue weighted by Gasteiger charge is 2.33. The van der Waals surface area contributed by atoms with Gasteiger partial charge in [0.25, 0.3) is 0 Å². The normalized spacial score (nSPS) is 24.0. The Morgan fingerprint density at radius 1 is 1.32 bits per heavy atom. The molecule has 0 saturated heterocycles. The van der Waals surface area contributed by atoms with E-state index in [1.807, 2.05) is 28.8 Å². The molecule has 1 aliphatic carbocycles. The van der Waals surface area contributed by atoms with E-state index in [9.17, 15) is 4.79 Å². The molecule has 0 amide bonds. The van der Waals surface area contributed by atoms with Crippen LogP contribution >= 0.6 is 0 Å². The van der Waals surface area contributed by atoms with E-state index < -0.39 is 0 Å². The molecule has 4 heteroatoms. The number of rotatable bonds is 5. The fourth-order valence-corrected chi connectivity index (χ4v) is 4.16. The maximum atomic E-state index is 12.7. The number of aryl methyl sites for hydroxylation is 1. The van der Waals surface area contributed by atoms with E-state index in [4.69, 9.17) is 4.74 Å². The van der Waals surface area contributed by atoms with E-state index in [0.717, 1.165) is 36.1 Å². The van der Waals surface area contributed by atoms with E-state index in [0.29, 0.717) is 17.8 Å². The van der Waals surface area contributed by atoms with Gasteiger partial charge in [-0.25, -0.2) is 4.98 Å². The zero-order chi connectivity index (χ0) is 18.0. The van der Waals surface area contributed by atoms with Crippen molar-refractivity contribution in [2.24, 2.45) is 17.8 Å². The lowest BCUT2D eigenvalue weighted by Gasteiger charge is -2.36. The average molecular weight is 342 g/mol. The maximum Gasteiger partial charge on any atom is 0.326 e. The van der Waals surface area contributed by atoms with Gasteiger partial charge in [0.2, 0.25) is 0 Å². The summed E-state index contributed by atoms with van der Waals surface area (Å²) in [5.41, 5.74) is 1.95. The van der Waals surface area contributed by atoms with Crippen LogP contribution in [0.1, 0.15) is 52.8 Å². The molecule has 0 bridgehead atoms. The van der Waals surface area contributed by atoms with Crippen LogP contribution in [0.4, 0.5) is 0 Å². The fourth-order valence-electron chi connectivity index (χ4n) is 4.16. The number of aromatic nitrogens is 2. The predicted octanol–water partition coefficient (Wildman–Crippen LogP) is 4.60. The van der Waals surface area contributed by atoms with Crippen molar-refractivity contribution >= 4 is 17.0 Å². The van der Waals surface area contributed by atoms with Crippen LogP contribution in [0.2, 0.25) is 0 Å². The molecule has 0 unspecified atom stereocenters. The molecule has 136 valence electrons. The van der Waals surface area contributed by atoms with Crippen LogP contribution in [0.5, 0.6) is 0 Å². The topological polar surface area (TPSA) is 44.1 Å². The summed E-state index contributed by atoms with van der Waals surface area (Å²) in [7, 11) is 0. The van der Waals surface area contributed by atoms with Gasteiger partial charge in [0, 0.05) is 6.42 Å². The Hall–Kier alpha value is -1.84. The summed E-state index contributed by atoms with van der Waals surface area (Å²) in [5.74, 6) is 2.46. The van der Waals surface area contributed by atoms with Crippen molar-refractivity contribution < 1.29 is 9.53 Å². The van der Waals surface area contributed by atoms with Crippen LogP contribution in [0.25, 0.3) is 11.0 Å². The lowest BCUT2D eigenvalue weighted by atomic mass is 9.75. The number of fused-ring (bicyclic) bond motifs is 1. The number of hydrogen-bond acceptors (Lipinski definition) is 3. The van der Waals surface area contributed by atoms with Gasteiger partial charge in [0.1, 0.15) is 18.5 Å². The summed E-state index contributed by atoms with van der Waals surface area (Å²) in [4.78, 5) is 17.3. The minimum absolute atomic E-state index is 0.0520. The van der Waals surface area contributed by atoms with Crippen molar-refractivity contribution in [1.29, 1.82) is 0 Å². The number of ether oxygens (including phenoxy) is 1. The molecular weight excluding hydrogens is 312 g/mol. The van der Waals surface area contributed by atoms with Gasteiger partial charge in [-0.1, -0.05) is 46.2 Å². The summed E-state index contributed by atoms with van der Waals surface area (Å²) in [5, 5.41) is 0. The van der Waals surface area contributed by atoms with Gasteiger partial charge in [0.05, 0.1) is 11.0 Å². The van der Waals surface area contributed by atoms with Crippen LogP contribution in [0, 0.1) is 17.8 Å². The molecule has 2 aromatic rings. The highest BCUT2D eigenvalue weighted by molar-refractivity contribution is 5.79. The van der Waals surface area contributed by atoms with Crippen molar-refractivity contribution in [3.63, 3.8) is 0 Å². The quantitative estimate of drug-likeness (QED) is 0.746. The first kappa shape index (κ1) is 18.0. The number of para-hydroxylation sites is 2. The number of hydrogen-bond donors (Lipinski definition) is 0. The van der Waals surface area contributed by atoms with Crippen molar-refractivity contribution in [2.45, 2.75) is 66.0 Å². The van der Waals surface area contributed by atoms with Gasteiger partial charge in [-0.2, -0.15) is 0 Å². The highest BCUT2D eigenvalue weighted by atomic mass is 16.5. The third-order valence-corrected chi connectivity index (χ3v) is 5.58. The first-order valence-corrected chi connectivity index (χ1v) is 9.63. The van der Waals surface area contributed by atoms with Gasteiger partial charge in [-0.3, -0.25) is 4.79 Å². The molecule has 1 aromatic heterocycles. The van der Waals surface area contributed by atoms with Crippen molar-refractivity contribution in [3.05, 3.63) is 30.1 Å². The molecular formula is C21H30N2O2. The summed E-state index contributed by atoms with van der Waals surface area (Å²) < 4.78 is 7.98. The Morgan fingerprint density at radius 2 is 2.08 bits per heavy atom. The number of imidazole rings is 1. The highest BCUT2D eigenvalue weighted by Crippen LogP contribution is 2.35. The SMILES string of the molecule is CCc1nc2ccccc2n1CC(=O)O[C@@H]1C[C@H](C)CC[C@H]1C(C)C. The van der Waals surface area contributed by atoms with Crippen LogP contribution in [-0.4, -0.2) is 21.6 Å². The number of esters is 1. The Balaban J connectivity index is 1.76. The molecule has 1 heterocycles. The van der Waals surface area contributed by atoms with Gasteiger partial charge in [-0.15, -0.1) is 0 Å². The predicted molar refractivity (Wildman–Crippen MR) is 100 cm³/mol. The lowest BCUT2D eigenvalue weighted by Crippen LogP contribution is -2.36. The fraction of sp³-hybridized carbons (Fsp3) is 0.619. The Morgan fingerprint density at radius 3 is 2.80 bits per heavy atom. The summed E-state index contributed by atoms with van der Waals surface area (Å²) in [6, 6.07) is 7.99. The second-order valence-corrected chi connectivity index (χ2v) is 7.81. The van der Waals surface area contributed by atoms with Crippen LogP contribution in [0.15, 0.2) is 24.3 Å². The molecule has 1 fully saturated rings. The third kappa shape index (κ3) is 3.88. The smallest absolute Gasteiger partial charge is 0.326 e. The minimum atomic E-state index is -0.136. The zero-order valence-electron chi connectivity index (χ0n) is 15.9. The van der Waals surface area contributed by atoms with Crippen molar-refractivity contribution in [1.82, 2.24) is 9.55 Å². The summed E-state index contributed by atoms with van der Waals surface area (Å²) in [6.07, 6.45) is 4.24. The average Bonchev–Trinajstić information content (AvgIpc) is 2.92. The summed E-state index contributed by atoms with van der Waals surface area (Å²) >= 11 is 0. The van der Waals surface area contributed by atoms with E-state index in [-0.39, 0.29) is 18.6 Å². The maximum absolute atomic E-state index is 12.7. The lowest BCUT2D eigenvalue weighted by molar-refractivity contribution is -0.156. The molecule has 3 rings (SSSR count). The van der Waals surface area contributed by atoms with Crippen LogP contribution in [-0.2, 0) is 22.5 Å². The van der Waals surface area contributed by atoms with E-state index in [1.165, 1.54) is 6.42 Å². The van der Waals surface area contributed by atoms with Gasteiger partial charge >= 0.3 is 5.97 Å². The molecule has 0 aliphatic heterocycles. The molecule has 1 saturated carbocycles.